The highest BCUT2D eigenvalue weighted by Gasteiger charge is 2.20. The van der Waals surface area contributed by atoms with Crippen molar-refractivity contribution in [1.82, 2.24) is 4.57 Å². The highest BCUT2D eigenvalue weighted by Crippen LogP contribution is 2.40. The van der Waals surface area contributed by atoms with Gasteiger partial charge in [-0.05, 0) is 46.0 Å². The predicted octanol–water partition coefficient (Wildman–Crippen LogP) is 8.67. The molecule has 0 saturated heterocycles. The molecule has 7 aromatic rings. The third-order valence-corrected chi connectivity index (χ3v) is 7.04. The predicted molar refractivity (Wildman–Crippen MR) is 148 cm³/mol. The highest BCUT2D eigenvalue weighted by molar-refractivity contribution is 6.19. The second kappa shape index (κ2) is 7.79. The normalized spacial score (nSPS) is 11.6. The van der Waals surface area contributed by atoms with Crippen LogP contribution in [0.4, 0.5) is 5.69 Å². The molecule has 0 atom stereocenters. The van der Waals surface area contributed by atoms with E-state index in [4.69, 9.17) is 0 Å². The molecule has 36 heavy (non-hydrogen) atoms. The first-order chi connectivity index (χ1) is 17.7. The molecule has 0 N–H and O–H groups in total. The Labute approximate surface area is 206 Å². The van der Waals surface area contributed by atoms with Crippen molar-refractivity contribution < 1.29 is 4.92 Å². The molecular formula is C32H20N2O2. The van der Waals surface area contributed by atoms with Crippen molar-refractivity contribution in [1.29, 1.82) is 0 Å². The number of hydrogen-bond acceptors (Lipinski definition) is 2. The van der Waals surface area contributed by atoms with E-state index in [9.17, 15) is 10.1 Å². The summed E-state index contributed by atoms with van der Waals surface area (Å²) in [7, 11) is 0. The molecule has 0 fully saturated rings. The van der Waals surface area contributed by atoms with Crippen LogP contribution >= 0.6 is 0 Å². The van der Waals surface area contributed by atoms with Gasteiger partial charge in [-0.2, -0.15) is 0 Å². The van der Waals surface area contributed by atoms with Gasteiger partial charge in [0, 0.05) is 27.9 Å². The van der Waals surface area contributed by atoms with Crippen LogP contribution in [0.15, 0.2) is 121 Å². The van der Waals surface area contributed by atoms with Crippen molar-refractivity contribution in [3.63, 3.8) is 0 Å². The van der Waals surface area contributed by atoms with Gasteiger partial charge in [-0.3, -0.25) is 10.1 Å². The lowest BCUT2D eigenvalue weighted by Gasteiger charge is -2.11. The van der Waals surface area contributed by atoms with E-state index in [1.54, 1.807) is 6.07 Å². The molecule has 0 spiro atoms. The molecule has 0 unspecified atom stereocenters. The molecule has 6 aromatic carbocycles. The Morgan fingerprint density at radius 2 is 1.25 bits per heavy atom. The molecule has 4 heteroatoms. The first-order valence-electron chi connectivity index (χ1n) is 11.9. The number of aromatic nitrogens is 1. The van der Waals surface area contributed by atoms with Crippen LogP contribution in [0.1, 0.15) is 0 Å². The summed E-state index contributed by atoms with van der Waals surface area (Å²) in [5.41, 5.74) is 4.77. The number of para-hydroxylation sites is 1. The second-order valence-electron chi connectivity index (χ2n) is 9.06. The van der Waals surface area contributed by atoms with Gasteiger partial charge in [0.15, 0.2) is 0 Å². The Balaban J connectivity index is 1.61. The fourth-order valence-electron chi connectivity index (χ4n) is 5.40. The summed E-state index contributed by atoms with van der Waals surface area (Å²) in [6.45, 7) is 0. The number of benzene rings is 6. The molecule has 0 saturated carbocycles. The summed E-state index contributed by atoms with van der Waals surface area (Å²) in [6.07, 6.45) is 0. The van der Waals surface area contributed by atoms with Gasteiger partial charge < -0.3 is 4.57 Å². The zero-order chi connectivity index (χ0) is 24.2. The Morgan fingerprint density at radius 3 is 2.03 bits per heavy atom. The molecule has 4 nitrogen and oxygen atoms in total. The van der Waals surface area contributed by atoms with Crippen LogP contribution in [0.3, 0.4) is 0 Å². The van der Waals surface area contributed by atoms with Crippen LogP contribution in [0.5, 0.6) is 0 Å². The summed E-state index contributed by atoms with van der Waals surface area (Å²) in [4.78, 5) is 11.8. The minimum atomic E-state index is -0.285. The van der Waals surface area contributed by atoms with E-state index in [0.717, 1.165) is 43.8 Å². The van der Waals surface area contributed by atoms with Crippen molar-refractivity contribution in [3.05, 3.63) is 131 Å². The molecule has 0 aliphatic rings. The minimum absolute atomic E-state index is 0.112. The summed E-state index contributed by atoms with van der Waals surface area (Å²) in [5, 5.41) is 18.5. The van der Waals surface area contributed by atoms with Gasteiger partial charge >= 0.3 is 0 Å². The second-order valence-corrected chi connectivity index (χ2v) is 9.06. The van der Waals surface area contributed by atoms with Gasteiger partial charge in [-0.1, -0.05) is 91.0 Å². The molecule has 0 bridgehead atoms. The largest absolute Gasteiger partial charge is 0.309 e. The number of nitrogens with zero attached hydrogens (tertiary/aromatic N) is 2. The van der Waals surface area contributed by atoms with Crippen LogP contribution < -0.4 is 0 Å². The van der Waals surface area contributed by atoms with Gasteiger partial charge in [-0.25, -0.2) is 0 Å². The van der Waals surface area contributed by atoms with E-state index in [1.807, 2.05) is 54.6 Å². The van der Waals surface area contributed by atoms with Gasteiger partial charge in [0.25, 0.3) is 5.69 Å². The molecule has 0 amide bonds. The molecule has 1 heterocycles. The summed E-state index contributed by atoms with van der Waals surface area (Å²) in [6, 6.07) is 40.6. The van der Waals surface area contributed by atoms with E-state index in [1.165, 1.54) is 10.8 Å². The third kappa shape index (κ3) is 3.01. The quantitative estimate of drug-likeness (QED) is 0.194. The SMILES string of the molecule is O=[N+]([O-])c1cc2ccccc2cc1-c1ccc2c3ccc4ccccc4c3n(-c3ccccc3)c2c1. The summed E-state index contributed by atoms with van der Waals surface area (Å²) >= 11 is 0. The average molecular weight is 465 g/mol. The number of fused-ring (bicyclic) bond motifs is 6. The van der Waals surface area contributed by atoms with Gasteiger partial charge in [0.1, 0.15) is 0 Å². The lowest BCUT2D eigenvalue weighted by molar-refractivity contribution is -0.384. The van der Waals surface area contributed by atoms with Crippen molar-refractivity contribution in [3.8, 4) is 16.8 Å². The molecular weight excluding hydrogens is 444 g/mol. The maximum absolute atomic E-state index is 12.1. The van der Waals surface area contributed by atoms with Gasteiger partial charge in [0.05, 0.1) is 21.5 Å². The van der Waals surface area contributed by atoms with Crippen molar-refractivity contribution in [2.45, 2.75) is 0 Å². The van der Waals surface area contributed by atoms with E-state index >= 15 is 0 Å². The zero-order valence-corrected chi connectivity index (χ0v) is 19.3. The Kier molecular flexibility index (Phi) is 4.42. The molecule has 7 rings (SSSR count). The van der Waals surface area contributed by atoms with Crippen LogP contribution in [-0.4, -0.2) is 9.49 Å². The fraction of sp³-hybridized carbons (Fsp3) is 0. The van der Waals surface area contributed by atoms with Crippen molar-refractivity contribution in [2.24, 2.45) is 0 Å². The first kappa shape index (κ1) is 20.4. The fourth-order valence-corrected chi connectivity index (χ4v) is 5.40. The number of rotatable bonds is 3. The molecule has 1 aromatic heterocycles. The molecule has 0 aliphatic heterocycles. The average Bonchev–Trinajstić information content (AvgIpc) is 3.27. The third-order valence-electron chi connectivity index (χ3n) is 7.04. The Morgan fingerprint density at radius 1 is 0.583 bits per heavy atom. The topological polar surface area (TPSA) is 48.1 Å². The zero-order valence-electron chi connectivity index (χ0n) is 19.3. The first-order valence-corrected chi connectivity index (χ1v) is 11.9. The van der Waals surface area contributed by atoms with Crippen LogP contribution in [0.25, 0.3) is 60.2 Å². The lowest BCUT2D eigenvalue weighted by atomic mass is 9.98. The highest BCUT2D eigenvalue weighted by atomic mass is 16.6. The number of nitro groups is 1. The van der Waals surface area contributed by atoms with Crippen LogP contribution in [0, 0.1) is 10.1 Å². The molecule has 0 radical (unpaired) electrons. The smallest absolute Gasteiger partial charge is 0.277 e. The maximum atomic E-state index is 12.1. The Bertz CT molecular complexity index is 1970. The van der Waals surface area contributed by atoms with Gasteiger partial charge in [-0.15, -0.1) is 0 Å². The monoisotopic (exact) mass is 464 g/mol. The number of hydrogen-bond donors (Lipinski definition) is 0. The van der Waals surface area contributed by atoms with E-state index in [2.05, 4.69) is 65.2 Å². The van der Waals surface area contributed by atoms with Crippen molar-refractivity contribution >= 4 is 49.0 Å². The van der Waals surface area contributed by atoms with E-state index < -0.39 is 0 Å². The van der Waals surface area contributed by atoms with E-state index in [0.29, 0.717) is 5.56 Å². The standard InChI is InChI=1S/C32H20N2O2/c35-34(36)31-19-23-10-5-4-9-22(23)18-29(31)24-15-16-27-28-17-14-21-8-6-7-13-26(21)32(28)33(30(27)20-24)25-11-2-1-3-12-25/h1-20H. The van der Waals surface area contributed by atoms with Gasteiger partial charge in [0.2, 0.25) is 0 Å². The molecule has 0 aliphatic carbocycles. The molecule has 170 valence electrons. The Hall–Kier alpha value is -4.96. The summed E-state index contributed by atoms with van der Waals surface area (Å²) in [5.74, 6) is 0. The number of nitro benzene ring substituents is 1. The van der Waals surface area contributed by atoms with E-state index in [-0.39, 0.29) is 10.6 Å². The maximum Gasteiger partial charge on any atom is 0.277 e. The van der Waals surface area contributed by atoms with Crippen LogP contribution in [-0.2, 0) is 0 Å². The lowest BCUT2D eigenvalue weighted by Crippen LogP contribution is -1.95. The van der Waals surface area contributed by atoms with Crippen molar-refractivity contribution in [2.75, 3.05) is 0 Å². The van der Waals surface area contributed by atoms with Crippen LogP contribution in [0.2, 0.25) is 0 Å². The summed E-state index contributed by atoms with van der Waals surface area (Å²) < 4.78 is 2.28. The minimum Gasteiger partial charge on any atom is -0.309 e.